The highest BCUT2D eigenvalue weighted by atomic mass is 16.2. The largest absolute Gasteiger partial charge is 0.368 e. The molecule has 1 amide bonds. The summed E-state index contributed by atoms with van der Waals surface area (Å²) in [5.74, 6) is 0.740. The Morgan fingerprint density at radius 1 is 1.44 bits per heavy atom. The zero-order valence-corrected chi connectivity index (χ0v) is 11.0. The minimum absolute atomic E-state index is 0.0158. The molecule has 5 nitrogen and oxygen atoms in total. The van der Waals surface area contributed by atoms with Crippen LogP contribution in [0.1, 0.15) is 43.6 Å². The Labute approximate surface area is 108 Å². The van der Waals surface area contributed by atoms with Crippen molar-refractivity contribution in [3.05, 3.63) is 18.1 Å². The van der Waals surface area contributed by atoms with Crippen LogP contribution in [0.3, 0.4) is 0 Å². The fourth-order valence-corrected chi connectivity index (χ4v) is 1.99. The Morgan fingerprint density at radius 3 is 2.83 bits per heavy atom. The van der Waals surface area contributed by atoms with Crippen LogP contribution in [0.4, 0.5) is 5.82 Å². The fourth-order valence-electron chi connectivity index (χ4n) is 1.99. The molecule has 0 spiro atoms. The van der Waals surface area contributed by atoms with Crippen molar-refractivity contribution in [2.24, 2.45) is 0 Å². The monoisotopic (exact) mass is 248 g/mol. The van der Waals surface area contributed by atoms with Crippen LogP contribution in [0.25, 0.3) is 0 Å². The van der Waals surface area contributed by atoms with Gasteiger partial charge in [-0.2, -0.15) is 0 Å². The second-order valence-corrected chi connectivity index (χ2v) is 4.74. The minimum atomic E-state index is 0.0158. The summed E-state index contributed by atoms with van der Waals surface area (Å²) in [6.07, 6.45) is 4.65. The highest BCUT2D eigenvalue weighted by Gasteiger charge is 2.20. The van der Waals surface area contributed by atoms with Gasteiger partial charge in [0.05, 0.1) is 0 Å². The summed E-state index contributed by atoms with van der Waals surface area (Å²) in [6, 6.07) is 2.09. The van der Waals surface area contributed by atoms with Crippen LogP contribution in [-0.4, -0.2) is 39.9 Å². The molecule has 1 saturated heterocycles. The number of carbonyl (C=O) groups is 1. The number of amides is 1. The Hall–Kier alpha value is -1.65. The SMILES string of the molecule is CCC(C)Nc1cc(C(=O)N2CCCC2)ncn1. The molecule has 1 atom stereocenters. The number of aromatic nitrogens is 2. The number of hydrogen-bond acceptors (Lipinski definition) is 4. The van der Waals surface area contributed by atoms with Gasteiger partial charge >= 0.3 is 0 Å². The Balaban J connectivity index is 2.08. The fraction of sp³-hybridized carbons (Fsp3) is 0.615. The number of hydrogen-bond donors (Lipinski definition) is 1. The lowest BCUT2D eigenvalue weighted by atomic mass is 10.2. The van der Waals surface area contributed by atoms with Crippen LogP contribution in [0.5, 0.6) is 0 Å². The van der Waals surface area contributed by atoms with Gasteiger partial charge < -0.3 is 10.2 Å². The molecule has 1 unspecified atom stereocenters. The second kappa shape index (κ2) is 5.80. The molecule has 1 aliphatic rings. The number of likely N-dealkylation sites (tertiary alicyclic amines) is 1. The van der Waals surface area contributed by atoms with Gasteiger partial charge in [0.2, 0.25) is 0 Å². The molecule has 0 bridgehead atoms. The van der Waals surface area contributed by atoms with E-state index in [0.29, 0.717) is 11.7 Å². The lowest BCUT2D eigenvalue weighted by molar-refractivity contribution is 0.0787. The molecule has 0 aliphatic carbocycles. The average molecular weight is 248 g/mol. The molecule has 2 heterocycles. The van der Waals surface area contributed by atoms with Gasteiger partial charge in [0.15, 0.2) is 0 Å². The molecule has 1 N–H and O–H groups in total. The molecule has 18 heavy (non-hydrogen) atoms. The second-order valence-electron chi connectivity index (χ2n) is 4.74. The van der Waals surface area contributed by atoms with Crippen LogP contribution in [-0.2, 0) is 0 Å². The maximum absolute atomic E-state index is 12.2. The first-order chi connectivity index (χ1) is 8.70. The third kappa shape index (κ3) is 2.97. The molecule has 1 aromatic heterocycles. The molecule has 5 heteroatoms. The van der Waals surface area contributed by atoms with Gasteiger partial charge in [-0.3, -0.25) is 4.79 Å². The van der Waals surface area contributed by atoms with E-state index in [1.165, 1.54) is 6.33 Å². The third-order valence-corrected chi connectivity index (χ3v) is 3.29. The first kappa shape index (κ1) is 12.8. The standard InChI is InChI=1S/C13H20N4O/c1-3-10(2)16-12-8-11(14-9-15-12)13(18)17-6-4-5-7-17/h8-10H,3-7H2,1-2H3,(H,14,15,16). The summed E-state index contributed by atoms with van der Waals surface area (Å²) in [7, 11) is 0. The third-order valence-electron chi connectivity index (χ3n) is 3.29. The molecular weight excluding hydrogens is 228 g/mol. The Morgan fingerprint density at radius 2 is 2.17 bits per heavy atom. The maximum atomic E-state index is 12.2. The maximum Gasteiger partial charge on any atom is 0.272 e. The first-order valence-electron chi connectivity index (χ1n) is 6.58. The van der Waals surface area contributed by atoms with Gasteiger partial charge in [0.25, 0.3) is 5.91 Å². The minimum Gasteiger partial charge on any atom is -0.368 e. The van der Waals surface area contributed by atoms with Crippen LogP contribution >= 0.6 is 0 Å². The summed E-state index contributed by atoms with van der Waals surface area (Å²) in [4.78, 5) is 22.2. The van der Waals surface area contributed by atoms with E-state index in [2.05, 4.69) is 29.1 Å². The zero-order valence-electron chi connectivity index (χ0n) is 11.0. The Kier molecular flexibility index (Phi) is 4.12. The van der Waals surface area contributed by atoms with Gasteiger partial charge in [-0.05, 0) is 26.2 Å². The molecule has 2 rings (SSSR count). The number of anilines is 1. The van der Waals surface area contributed by atoms with E-state index in [1.54, 1.807) is 6.07 Å². The zero-order chi connectivity index (χ0) is 13.0. The molecule has 0 radical (unpaired) electrons. The van der Waals surface area contributed by atoms with Crippen LogP contribution in [0, 0.1) is 0 Å². The van der Waals surface area contributed by atoms with Crippen molar-refractivity contribution in [3.8, 4) is 0 Å². The van der Waals surface area contributed by atoms with Crippen molar-refractivity contribution in [2.75, 3.05) is 18.4 Å². The normalized spacial score (nSPS) is 16.7. The van der Waals surface area contributed by atoms with Crippen molar-refractivity contribution in [3.63, 3.8) is 0 Å². The van der Waals surface area contributed by atoms with E-state index in [4.69, 9.17) is 0 Å². The van der Waals surface area contributed by atoms with Gasteiger partial charge in [0, 0.05) is 25.2 Å². The first-order valence-corrected chi connectivity index (χ1v) is 6.58. The van der Waals surface area contributed by atoms with Gasteiger partial charge in [-0.25, -0.2) is 9.97 Å². The van der Waals surface area contributed by atoms with Crippen LogP contribution < -0.4 is 5.32 Å². The number of nitrogens with one attached hydrogen (secondary N) is 1. The van der Waals surface area contributed by atoms with Crippen LogP contribution in [0.2, 0.25) is 0 Å². The van der Waals surface area contributed by atoms with Crippen molar-refractivity contribution >= 4 is 11.7 Å². The topological polar surface area (TPSA) is 58.1 Å². The summed E-state index contributed by atoms with van der Waals surface area (Å²) < 4.78 is 0. The van der Waals surface area contributed by atoms with Gasteiger partial charge in [-0.15, -0.1) is 0 Å². The van der Waals surface area contributed by atoms with Crippen molar-refractivity contribution in [1.82, 2.24) is 14.9 Å². The summed E-state index contributed by atoms with van der Waals surface area (Å²) in [5, 5.41) is 3.26. The lowest BCUT2D eigenvalue weighted by Crippen LogP contribution is -2.28. The van der Waals surface area contributed by atoms with E-state index < -0.39 is 0 Å². The van der Waals surface area contributed by atoms with E-state index >= 15 is 0 Å². The highest BCUT2D eigenvalue weighted by Crippen LogP contribution is 2.13. The Bertz CT molecular complexity index is 415. The highest BCUT2D eigenvalue weighted by molar-refractivity contribution is 5.93. The smallest absolute Gasteiger partial charge is 0.272 e. The molecular formula is C13H20N4O. The molecule has 98 valence electrons. The summed E-state index contributed by atoms with van der Waals surface area (Å²) in [5.41, 5.74) is 0.484. The summed E-state index contributed by atoms with van der Waals surface area (Å²) in [6.45, 7) is 5.88. The van der Waals surface area contributed by atoms with E-state index in [1.807, 2.05) is 4.90 Å². The number of rotatable bonds is 4. The average Bonchev–Trinajstić information content (AvgIpc) is 2.92. The van der Waals surface area contributed by atoms with E-state index in [0.717, 1.165) is 38.2 Å². The lowest BCUT2D eigenvalue weighted by Gasteiger charge is -2.16. The van der Waals surface area contributed by atoms with Crippen molar-refractivity contribution in [2.45, 2.75) is 39.2 Å². The quantitative estimate of drug-likeness (QED) is 0.884. The van der Waals surface area contributed by atoms with E-state index in [9.17, 15) is 4.79 Å². The van der Waals surface area contributed by atoms with Gasteiger partial charge in [-0.1, -0.05) is 6.92 Å². The van der Waals surface area contributed by atoms with Crippen LogP contribution in [0.15, 0.2) is 12.4 Å². The van der Waals surface area contributed by atoms with Crippen molar-refractivity contribution in [1.29, 1.82) is 0 Å². The molecule has 1 aliphatic heterocycles. The molecule has 1 fully saturated rings. The van der Waals surface area contributed by atoms with Crippen molar-refractivity contribution < 1.29 is 4.79 Å². The molecule has 0 saturated carbocycles. The summed E-state index contributed by atoms with van der Waals surface area (Å²) >= 11 is 0. The van der Waals surface area contributed by atoms with Gasteiger partial charge in [0.1, 0.15) is 17.8 Å². The number of carbonyl (C=O) groups excluding carboxylic acids is 1. The van der Waals surface area contributed by atoms with E-state index in [-0.39, 0.29) is 5.91 Å². The molecule has 1 aromatic rings. The predicted molar refractivity (Wildman–Crippen MR) is 70.5 cm³/mol. The predicted octanol–water partition coefficient (Wildman–Crippen LogP) is 1.92. The molecule has 0 aromatic carbocycles. The number of nitrogens with zero attached hydrogens (tertiary/aromatic N) is 3.